The van der Waals surface area contributed by atoms with Crippen LogP contribution in [0.4, 0.5) is 5.69 Å². The number of nitrogen functional groups attached to an aromatic ring is 1. The first-order chi connectivity index (χ1) is 8.65. The van der Waals surface area contributed by atoms with E-state index in [-0.39, 0.29) is 0 Å². The fourth-order valence-corrected chi connectivity index (χ4v) is 2.09. The number of hydrogen-bond acceptors (Lipinski definition) is 2. The predicted molar refractivity (Wildman–Crippen MR) is 74.3 cm³/mol. The van der Waals surface area contributed by atoms with E-state index in [4.69, 9.17) is 5.73 Å². The van der Waals surface area contributed by atoms with Crippen LogP contribution in [0.15, 0.2) is 36.8 Å². The van der Waals surface area contributed by atoms with Gasteiger partial charge in [-0.15, -0.1) is 0 Å². The van der Waals surface area contributed by atoms with Gasteiger partial charge in [0.1, 0.15) is 0 Å². The van der Waals surface area contributed by atoms with E-state index < -0.39 is 0 Å². The summed E-state index contributed by atoms with van der Waals surface area (Å²) in [6, 6.07) is 6.61. The molecule has 3 rings (SSSR count). The second kappa shape index (κ2) is 3.91. The zero-order chi connectivity index (χ0) is 12.7. The summed E-state index contributed by atoms with van der Waals surface area (Å²) in [7, 11) is 0. The highest BCUT2D eigenvalue weighted by Gasteiger charge is 2.06. The molecular formula is C14H16N4. The van der Waals surface area contributed by atoms with Crippen molar-refractivity contribution in [1.82, 2.24) is 14.8 Å². The van der Waals surface area contributed by atoms with Crippen LogP contribution in [-0.2, 0) is 0 Å². The van der Waals surface area contributed by atoms with Crippen molar-refractivity contribution in [2.45, 2.75) is 19.9 Å². The topological polar surface area (TPSA) is 59.6 Å². The standard InChI is InChI=1S/C14H16N4/c1-9(2)18-8-11(6-17-18)10-3-4-14-12(5-10)13(15)7-16-14/h3-9,16H,15H2,1-2H3. The van der Waals surface area contributed by atoms with Crippen molar-refractivity contribution >= 4 is 16.6 Å². The van der Waals surface area contributed by atoms with Crippen LogP contribution < -0.4 is 5.73 Å². The summed E-state index contributed by atoms with van der Waals surface area (Å²) < 4.78 is 1.96. The third kappa shape index (κ3) is 1.66. The van der Waals surface area contributed by atoms with Crippen molar-refractivity contribution in [3.05, 3.63) is 36.8 Å². The fraction of sp³-hybridized carbons (Fsp3) is 0.214. The SMILES string of the molecule is CC(C)n1cc(-c2ccc3[nH]cc(N)c3c2)cn1. The van der Waals surface area contributed by atoms with Crippen LogP contribution in [0.3, 0.4) is 0 Å². The molecule has 0 aliphatic heterocycles. The monoisotopic (exact) mass is 240 g/mol. The van der Waals surface area contributed by atoms with E-state index in [1.165, 1.54) is 0 Å². The molecule has 3 aromatic rings. The van der Waals surface area contributed by atoms with Crippen molar-refractivity contribution in [2.24, 2.45) is 0 Å². The summed E-state index contributed by atoms with van der Waals surface area (Å²) in [4.78, 5) is 3.14. The number of nitrogens with one attached hydrogen (secondary N) is 1. The highest BCUT2D eigenvalue weighted by atomic mass is 15.3. The normalized spacial score (nSPS) is 11.5. The number of anilines is 1. The van der Waals surface area contributed by atoms with Gasteiger partial charge in [-0.2, -0.15) is 5.10 Å². The maximum atomic E-state index is 5.92. The highest BCUT2D eigenvalue weighted by molar-refractivity contribution is 5.94. The number of nitrogens with two attached hydrogens (primary N) is 1. The van der Waals surface area contributed by atoms with Gasteiger partial charge in [0.25, 0.3) is 0 Å². The lowest BCUT2D eigenvalue weighted by molar-refractivity contribution is 0.532. The number of benzene rings is 1. The summed E-state index contributed by atoms with van der Waals surface area (Å²) in [5.74, 6) is 0. The summed E-state index contributed by atoms with van der Waals surface area (Å²) in [5.41, 5.74) is 10.0. The third-order valence-electron chi connectivity index (χ3n) is 3.18. The smallest absolute Gasteiger partial charge is 0.0572 e. The lowest BCUT2D eigenvalue weighted by Gasteiger charge is -2.03. The van der Waals surface area contributed by atoms with Gasteiger partial charge in [-0.25, -0.2) is 0 Å². The van der Waals surface area contributed by atoms with Crippen LogP contribution in [0.2, 0.25) is 0 Å². The highest BCUT2D eigenvalue weighted by Crippen LogP contribution is 2.27. The zero-order valence-corrected chi connectivity index (χ0v) is 10.5. The van der Waals surface area contributed by atoms with Crippen LogP contribution in [0.25, 0.3) is 22.0 Å². The van der Waals surface area contributed by atoms with Gasteiger partial charge in [-0.3, -0.25) is 4.68 Å². The van der Waals surface area contributed by atoms with Crippen LogP contribution >= 0.6 is 0 Å². The lowest BCUT2D eigenvalue weighted by Crippen LogP contribution is -1.99. The molecule has 0 atom stereocenters. The third-order valence-corrected chi connectivity index (χ3v) is 3.18. The van der Waals surface area contributed by atoms with Crippen molar-refractivity contribution < 1.29 is 0 Å². The molecule has 0 bridgehead atoms. The Morgan fingerprint density at radius 2 is 2.11 bits per heavy atom. The van der Waals surface area contributed by atoms with E-state index in [1.807, 2.05) is 23.1 Å². The molecule has 2 heterocycles. The quantitative estimate of drug-likeness (QED) is 0.722. The van der Waals surface area contributed by atoms with Gasteiger partial charge >= 0.3 is 0 Å². The molecule has 0 saturated heterocycles. The van der Waals surface area contributed by atoms with Gasteiger partial charge in [-0.1, -0.05) is 6.07 Å². The summed E-state index contributed by atoms with van der Waals surface area (Å²) >= 11 is 0. The number of aromatic amines is 1. The Hall–Kier alpha value is -2.23. The summed E-state index contributed by atoms with van der Waals surface area (Å²) in [5, 5.41) is 5.42. The summed E-state index contributed by atoms with van der Waals surface area (Å²) in [6.45, 7) is 4.23. The molecule has 0 spiro atoms. The van der Waals surface area contributed by atoms with Crippen LogP contribution in [0.5, 0.6) is 0 Å². The van der Waals surface area contributed by atoms with Crippen LogP contribution in [0.1, 0.15) is 19.9 Å². The molecule has 18 heavy (non-hydrogen) atoms. The van der Waals surface area contributed by atoms with Crippen molar-refractivity contribution in [1.29, 1.82) is 0 Å². The number of nitrogens with zero attached hydrogens (tertiary/aromatic N) is 2. The van der Waals surface area contributed by atoms with Crippen LogP contribution in [0, 0.1) is 0 Å². The number of rotatable bonds is 2. The number of fused-ring (bicyclic) bond motifs is 1. The first-order valence-corrected chi connectivity index (χ1v) is 6.06. The Morgan fingerprint density at radius 3 is 2.83 bits per heavy atom. The number of hydrogen-bond donors (Lipinski definition) is 2. The lowest BCUT2D eigenvalue weighted by atomic mass is 10.1. The zero-order valence-electron chi connectivity index (χ0n) is 10.5. The van der Waals surface area contributed by atoms with E-state index in [2.05, 4.69) is 42.3 Å². The Morgan fingerprint density at radius 1 is 1.28 bits per heavy atom. The second-order valence-electron chi connectivity index (χ2n) is 4.81. The molecule has 0 unspecified atom stereocenters. The van der Waals surface area contributed by atoms with Crippen LogP contribution in [-0.4, -0.2) is 14.8 Å². The van der Waals surface area contributed by atoms with E-state index in [9.17, 15) is 0 Å². The van der Waals surface area contributed by atoms with E-state index in [1.54, 1.807) is 0 Å². The number of H-pyrrole nitrogens is 1. The molecule has 1 aromatic carbocycles. The first kappa shape index (κ1) is 10.9. The summed E-state index contributed by atoms with van der Waals surface area (Å²) in [6.07, 6.45) is 5.78. The Bertz CT molecular complexity index is 691. The van der Waals surface area contributed by atoms with Gasteiger partial charge < -0.3 is 10.7 Å². The van der Waals surface area contributed by atoms with Gasteiger partial charge in [0.15, 0.2) is 0 Å². The predicted octanol–water partition coefficient (Wildman–Crippen LogP) is 3.19. The van der Waals surface area contributed by atoms with Gasteiger partial charge in [0.2, 0.25) is 0 Å². The molecule has 0 radical (unpaired) electrons. The molecule has 0 aliphatic carbocycles. The molecular weight excluding hydrogens is 224 g/mol. The maximum Gasteiger partial charge on any atom is 0.0572 e. The van der Waals surface area contributed by atoms with E-state index in [0.717, 1.165) is 27.7 Å². The Labute approximate surface area is 105 Å². The molecule has 0 fully saturated rings. The Balaban J connectivity index is 2.09. The molecule has 2 aromatic heterocycles. The molecule has 0 amide bonds. The fourth-order valence-electron chi connectivity index (χ4n) is 2.09. The first-order valence-electron chi connectivity index (χ1n) is 6.06. The van der Waals surface area contributed by atoms with Gasteiger partial charge in [0.05, 0.1) is 11.9 Å². The minimum Gasteiger partial charge on any atom is -0.397 e. The average molecular weight is 240 g/mol. The number of aromatic nitrogens is 3. The molecule has 3 N–H and O–H groups in total. The molecule has 0 aliphatic rings. The van der Waals surface area contributed by atoms with E-state index in [0.29, 0.717) is 6.04 Å². The van der Waals surface area contributed by atoms with Crippen molar-refractivity contribution in [3.8, 4) is 11.1 Å². The average Bonchev–Trinajstić information content (AvgIpc) is 2.96. The van der Waals surface area contributed by atoms with Gasteiger partial charge in [0, 0.05) is 34.9 Å². The second-order valence-corrected chi connectivity index (χ2v) is 4.81. The maximum absolute atomic E-state index is 5.92. The van der Waals surface area contributed by atoms with Crippen molar-refractivity contribution in [2.75, 3.05) is 5.73 Å². The largest absolute Gasteiger partial charge is 0.397 e. The van der Waals surface area contributed by atoms with Crippen molar-refractivity contribution in [3.63, 3.8) is 0 Å². The minimum absolute atomic E-state index is 0.375. The van der Waals surface area contributed by atoms with Gasteiger partial charge in [-0.05, 0) is 31.5 Å². The molecule has 4 heteroatoms. The molecule has 0 saturated carbocycles. The molecule has 92 valence electrons. The molecule has 4 nitrogen and oxygen atoms in total. The van der Waals surface area contributed by atoms with E-state index >= 15 is 0 Å². The minimum atomic E-state index is 0.375. The Kier molecular flexibility index (Phi) is 2.37.